The summed E-state index contributed by atoms with van der Waals surface area (Å²) in [6.45, 7) is 1.90. The number of hydrogen-bond donors (Lipinski definition) is 3. The Kier molecular flexibility index (Phi) is 3.88. The maximum atomic E-state index is 10.8. The second kappa shape index (κ2) is 5.59. The van der Waals surface area contributed by atoms with E-state index in [-0.39, 0.29) is 17.5 Å². The van der Waals surface area contributed by atoms with Crippen LogP contribution in [-0.4, -0.2) is 14.9 Å². The van der Waals surface area contributed by atoms with Gasteiger partial charge in [-0.25, -0.2) is 15.8 Å². The number of nitrogens with two attached hydrogens (primary N) is 1. The quantitative estimate of drug-likeness (QED) is 0.434. The topological polar surface area (TPSA) is 119 Å². The molecule has 2 aromatic heterocycles. The normalized spacial score (nSPS) is 11.9. The van der Waals surface area contributed by atoms with Gasteiger partial charge in [0.15, 0.2) is 0 Å². The highest BCUT2D eigenvalue weighted by Gasteiger charge is 2.14. The molecular formula is C10H12N6O2S. The standard InChI is InChI=1S/C10H12N6O2S/c1-6(10-12-2-3-19-10)13-8-4-7(16(17)18)5-9(14-8)15-11/h2-6H,11H2,1H3,(H2,13,14,15). The largest absolute Gasteiger partial charge is 0.361 e. The van der Waals surface area contributed by atoms with E-state index < -0.39 is 4.92 Å². The molecule has 0 aliphatic heterocycles. The zero-order valence-electron chi connectivity index (χ0n) is 10.0. The number of pyridine rings is 1. The second-order valence-electron chi connectivity index (χ2n) is 3.73. The number of nitrogens with one attached hydrogen (secondary N) is 2. The first-order chi connectivity index (χ1) is 9.10. The van der Waals surface area contributed by atoms with E-state index in [4.69, 9.17) is 5.84 Å². The molecule has 0 fully saturated rings. The van der Waals surface area contributed by atoms with Gasteiger partial charge in [0.1, 0.15) is 16.6 Å². The minimum atomic E-state index is -0.498. The zero-order valence-corrected chi connectivity index (χ0v) is 10.8. The van der Waals surface area contributed by atoms with Gasteiger partial charge in [-0.05, 0) is 6.92 Å². The molecule has 8 nitrogen and oxygen atoms in total. The van der Waals surface area contributed by atoms with Gasteiger partial charge in [0.2, 0.25) is 0 Å². The number of anilines is 2. The SMILES string of the molecule is CC(Nc1cc([N+](=O)[O-])cc(NN)n1)c1nccs1. The highest BCUT2D eigenvalue weighted by atomic mass is 32.1. The molecule has 0 saturated heterocycles. The monoisotopic (exact) mass is 280 g/mol. The van der Waals surface area contributed by atoms with Gasteiger partial charge in [0.25, 0.3) is 5.69 Å². The van der Waals surface area contributed by atoms with Crippen molar-refractivity contribution in [3.05, 3.63) is 38.8 Å². The van der Waals surface area contributed by atoms with Gasteiger partial charge >= 0.3 is 0 Å². The van der Waals surface area contributed by atoms with Crippen LogP contribution >= 0.6 is 11.3 Å². The molecule has 2 rings (SSSR count). The molecule has 1 atom stereocenters. The van der Waals surface area contributed by atoms with E-state index in [1.807, 2.05) is 12.3 Å². The Hall–Kier alpha value is -2.26. The van der Waals surface area contributed by atoms with Crippen molar-refractivity contribution in [2.45, 2.75) is 13.0 Å². The van der Waals surface area contributed by atoms with Crippen LogP contribution in [0.4, 0.5) is 17.3 Å². The second-order valence-corrected chi connectivity index (χ2v) is 4.66. The van der Waals surface area contributed by atoms with Gasteiger partial charge in [-0.1, -0.05) is 0 Å². The van der Waals surface area contributed by atoms with Crippen molar-refractivity contribution < 1.29 is 4.92 Å². The van der Waals surface area contributed by atoms with Crippen molar-refractivity contribution in [1.29, 1.82) is 0 Å². The highest BCUT2D eigenvalue weighted by Crippen LogP contribution is 2.24. The molecule has 2 heterocycles. The van der Waals surface area contributed by atoms with Crippen molar-refractivity contribution in [2.24, 2.45) is 5.84 Å². The summed E-state index contributed by atoms with van der Waals surface area (Å²) < 4.78 is 0. The summed E-state index contributed by atoms with van der Waals surface area (Å²) in [5.41, 5.74) is 2.22. The zero-order chi connectivity index (χ0) is 13.8. The number of nitro groups is 1. The Labute approximate surface area is 112 Å². The lowest BCUT2D eigenvalue weighted by atomic mass is 10.3. The Bertz CT molecular complexity index is 573. The summed E-state index contributed by atoms with van der Waals surface area (Å²) in [6, 6.07) is 2.52. The summed E-state index contributed by atoms with van der Waals surface area (Å²) in [4.78, 5) is 18.6. The van der Waals surface area contributed by atoms with Crippen LogP contribution in [0.3, 0.4) is 0 Å². The minimum Gasteiger partial charge on any atom is -0.361 e. The molecule has 19 heavy (non-hydrogen) atoms. The van der Waals surface area contributed by atoms with Gasteiger partial charge in [-0.15, -0.1) is 11.3 Å². The van der Waals surface area contributed by atoms with E-state index >= 15 is 0 Å². The van der Waals surface area contributed by atoms with Crippen LogP contribution in [0.5, 0.6) is 0 Å². The number of nitrogens with zero attached hydrogens (tertiary/aromatic N) is 3. The van der Waals surface area contributed by atoms with E-state index in [0.29, 0.717) is 5.82 Å². The minimum absolute atomic E-state index is 0.0863. The first-order valence-electron chi connectivity index (χ1n) is 5.39. The maximum Gasteiger partial charge on any atom is 0.276 e. The summed E-state index contributed by atoms with van der Waals surface area (Å²) >= 11 is 1.50. The number of thiazole rings is 1. The van der Waals surface area contributed by atoms with Crippen LogP contribution in [0, 0.1) is 10.1 Å². The average Bonchev–Trinajstić information content (AvgIpc) is 2.92. The number of aromatic nitrogens is 2. The molecule has 4 N–H and O–H groups in total. The molecule has 0 saturated carbocycles. The van der Waals surface area contributed by atoms with Gasteiger partial charge in [-0.2, -0.15) is 0 Å². The number of hydrazine groups is 1. The summed E-state index contributed by atoms with van der Waals surface area (Å²) in [6.07, 6.45) is 1.70. The number of rotatable bonds is 5. The van der Waals surface area contributed by atoms with Gasteiger partial charge in [0, 0.05) is 11.6 Å². The van der Waals surface area contributed by atoms with Gasteiger partial charge in [0.05, 0.1) is 23.1 Å². The molecule has 1 unspecified atom stereocenters. The van der Waals surface area contributed by atoms with E-state index in [2.05, 4.69) is 20.7 Å². The van der Waals surface area contributed by atoms with Crippen molar-refractivity contribution in [2.75, 3.05) is 10.7 Å². The fourth-order valence-electron chi connectivity index (χ4n) is 1.50. The molecule has 0 aliphatic rings. The molecule has 0 amide bonds. The fraction of sp³-hybridized carbons (Fsp3) is 0.200. The lowest BCUT2D eigenvalue weighted by molar-refractivity contribution is -0.384. The van der Waals surface area contributed by atoms with Crippen LogP contribution in [0.2, 0.25) is 0 Å². The molecule has 9 heteroatoms. The Balaban J connectivity index is 2.24. The van der Waals surface area contributed by atoms with E-state index in [1.54, 1.807) is 6.20 Å². The van der Waals surface area contributed by atoms with Crippen LogP contribution in [0.25, 0.3) is 0 Å². The number of nitrogen functional groups attached to an aromatic ring is 1. The first-order valence-corrected chi connectivity index (χ1v) is 6.27. The van der Waals surface area contributed by atoms with E-state index in [1.165, 1.54) is 23.5 Å². The third kappa shape index (κ3) is 3.14. The highest BCUT2D eigenvalue weighted by molar-refractivity contribution is 7.09. The van der Waals surface area contributed by atoms with Crippen molar-refractivity contribution in [3.63, 3.8) is 0 Å². The van der Waals surface area contributed by atoms with Gasteiger partial charge in [-0.3, -0.25) is 10.1 Å². The number of hydrogen-bond acceptors (Lipinski definition) is 8. The third-order valence-electron chi connectivity index (χ3n) is 2.36. The Morgan fingerprint density at radius 3 is 2.79 bits per heavy atom. The lowest BCUT2D eigenvalue weighted by Gasteiger charge is -2.12. The summed E-state index contributed by atoms with van der Waals surface area (Å²) in [5, 5.41) is 16.6. The molecule has 100 valence electrons. The molecule has 0 bridgehead atoms. The van der Waals surface area contributed by atoms with Crippen molar-refractivity contribution in [1.82, 2.24) is 9.97 Å². The Morgan fingerprint density at radius 1 is 1.47 bits per heavy atom. The predicted molar refractivity (Wildman–Crippen MR) is 72.9 cm³/mol. The van der Waals surface area contributed by atoms with E-state index in [9.17, 15) is 10.1 Å². The van der Waals surface area contributed by atoms with E-state index in [0.717, 1.165) is 5.01 Å². The summed E-state index contributed by atoms with van der Waals surface area (Å²) in [5.74, 6) is 5.83. The lowest BCUT2D eigenvalue weighted by Crippen LogP contribution is -2.12. The first kappa shape index (κ1) is 13.2. The predicted octanol–water partition coefficient (Wildman–Crippen LogP) is 1.90. The average molecular weight is 280 g/mol. The molecule has 2 aromatic rings. The van der Waals surface area contributed by atoms with Crippen molar-refractivity contribution in [3.8, 4) is 0 Å². The van der Waals surface area contributed by atoms with Crippen LogP contribution < -0.4 is 16.6 Å². The molecule has 0 aliphatic carbocycles. The van der Waals surface area contributed by atoms with Gasteiger partial charge < -0.3 is 10.7 Å². The molecular weight excluding hydrogens is 268 g/mol. The van der Waals surface area contributed by atoms with Crippen LogP contribution in [-0.2, 0) is 0 Å². The third-order valence-corrected chi connectivity index (χ3v) is 3.31. The Morgan fingerprint density at radius 2 is 2.21 bits per heavy atom. The van der Waals surface area contributed by atoms with Crippen LogP contribution in [0.1, 0.15) is 18.0 Å². The molecule has 0 radical (unpaired) electrons. The van der Waals surface area contributed by atoms with Crippen molar-refractivity contribution >= 4 is 28.7 Å². The smallest absolute Gasteiger partial charge is 0.276 e. The van der Waals surface area contributed by atoms with Crippen LogP contribution in [0.15, 0.2) is 23.7 Å². The fourth-order valence-corrected chi connectivity index (χ4v) is 2.15. The maximum absolute atomic E-state index is 10.8. The molecule has 0 spiro atoms. The molecule has 0 aromatic carbocycles. The summed E-state index contributed by atoms with van der Waals surface area (Å²) in [7, 11) is 0.